The zero-order chi connectivity index (χ0) is 14.4. The summed E-state index contributed by atoms with van der Waals surface area (Å²) < 4.78 is 18.4. The molecule has 0 spiro atoms. The Morgan fingerprint density at radius 1 is 1.15 bits per heavy atom. The summed E-state index contributed by atoms with van der Waals surface area (Å²) in [5, 5.41) is 0. The van der Waals surface area contributed by atoms with Crippen molar-refractivity contribution in [2.45, 2.75) is 11.3 Å². The number of benzene rings is 2. The van der Waals surface area contributed by atoms with Crippen molar-refractivity contribution in [1.82, 2.24) is 0 Å². The van der Waals surface area contributed by atoms with Crippen LogP contribution in [-0.4, -0.2) is 18.6 Å². The minimum absolute atomic E-state index is 0.0494. The number of para-hydroxylation sites is 1. The first kappa shape index (κ1) is 14.6. The summed E-state index contributed by atoms with van der Waals surface area (Å²) in [6.07, 6.45) is 2.25. The lowest BCUT2D eigenvalue weighted by Crippen LogP contribution is -2.07. The molecule has 0 saturated heterocycles. The van der Waals surface area contributed by atoms with Gasteiger partial charge in [0, 0.05) is 16.9 Å². The van der Waals surface area contributed by atoms with E-state index >= 15 is 0 Å². The van der Waals surface area contributed by atoms with Gasteiger partial charge in [-0.1, -0.05) is 12.1 Å². The number of ketones is 1. The second kappa shape index (κ2) is 7.10. The van der Waals surface area contributed by atoms with Crippen LogP contribution in [0.5, 0.6) is 5.75 Å². The Morgan fingerprint density at radius 2 is 1.85 bits per heavy atom. The van der Waals surface area contributed by atoms with Gasteiger partial charge < -0.3 is 4.74 Å². The van der Waals surface area contributed by atoms with E-state index in [0.717, 1.165) is 10.6 Å². The van der Waals surface area contributed by atoms with Gasteiger partial charge in [0.15, 0.2) is 5.78 Å². The second-order valence-corrected chi connectivity index (χ2v) is 5.03. The van der Waals surface area contributed by atoms with E-state index in [-0.39, 0.29) is 18.0 Å². The molecule has 0 aliphatic rings. The lowest BCUT2D eigenvalue weighted by atomic mass is 10.1. The quantitative estimate of drug-likeness (QED) is 0.589. The van der Waals surface area contributed by atoms with Crippen molar-refractivity contribution in [3.63, 3.8) is 0 Å². The van der Waals surface area contributed by atoms with Gasteiger partial charge >= 0.3 is 0 Å². The molecule has 0 aliphatic heterocycles. The van der Waals surface area contributed by atoms with Crippen molar-refractivity contribution < 1.29 is 13.9 Å². The van der Waals surface area contributed by atoms with Crippen LogP contribution >= 0.6 is 11.8 Å². The molecule has 0 aliphatic carbocycles. The van der Waals surface area contributed by atoms with Crippen LogP contribution in [0.3, 0.4) is 0 Å². The van der Waals surface area contributed by atoms with Gasteiger partial charge in [-0.05, 0) is 42.7 Å². The molecule has 0 radical (unpaired) electrons. The molecule has 0 unspecified atom stereocenters. The molecule has 0 aromatic heterocycles. The van der Waals surface area contributed by atoms with Crippen LogP contribution < -0.4 is 4.74 Å². The normalized spacial score (nSPS) is 10.3. The summed E-state index contributed by atoms with van der Waals surface area (Å²) >= 11 is 1.60. The number of rotatable bonds is 6. The molecule has 0 amide bonds. The van der Waals surface area contributed by atoms with E-state index in [1.165, 1.54) is 24.3 Å². The van der Waals surface area contributed by atoms with Crippen LogP contribution in [0.1, 0.15) is 16.8 Å². The van der Waals surface area contributed by atoms with Gasteiger partial charge in [-0.25, -0.2) is 4.39 Å². The van der Waals surface area contributed by atoms with Crippen LogP contribution in [0.4, 0.5) is 4.39 Å². The molecule has 0 heterocycles. The first-order valence-electron chi connectivity index (χ1n) is 6.25. The highest BCUT2D eigenvalue weighted by Crippen LogP contribution is 2.26. The molecular weight excluding hydrogens is 275 g/mol. The predicted molar refractivity (Wildman–Crippen MR) is 79.1 cm³/mol. The fourth-order valence-corrected chi connectivity index (χ4v) is 2.31. The maximum Gasteiger partial charge on any atom is 0.166 e. The molecule has 0 N–H and O–H groups in total. The molecular formula is C16H15FO2S. The highest BCUT2D eigenvalue weighted by atomic mass is 32.2. The number of ether oxygens (including phenoxy) is 1. The van der Waals surface area contributed by atoms with E-state index < -0.39 is 0 Å². The van der Waals surface area contributed by atoms with Gasteiger partial charge in [-0.2, -0.15) is 0 Å². The van der Waals surface area contributed by atoms with Crippen molar-refractivity contribution in [3.8, 4) is 5.75 Å². The molecule has 0 fully saturated rings. The summed E-state index contributed by atoms with van der Waals surface area (Å²) in [7, 11) is 0. The Bertz CT molecular complexity index is 581. The van der Waals surface area contributed by atoms with Crippen molar-refractivity contribution in [2.75, 3.05) is 12.9 Å². The standard InChI is InChI=1S/C16H15FO2S/c1-20-16-5-3-2-4-15(16)19-11-10-14(18)12-6-8-13(17)9-7-12/h2-9H,10-11H2,1H3. The second-order valence-electron chi connectivity index (χ2n) is 4.18. The molecule has 0 saturated carbocycles. The Hall–Kier alpha value is -1.81. The molecule has 2 nitrogen and oxygen atoms in total. The molecule has 4 heteroatoms. The van der Waals surface area contributed by atoms with Crippen LogP contribution in [0, 0.1) is 5.82 Å². The van der Waals surface area contributed by atoms with E-state index in [2.05, 4.69) is 0 Å². The number of hydrogen-bond acceptors (Lipinski definition) is 3. The molecule has 20 heavy (non-hydrogen) atoms. The van der Waals surface area contributed by atoms with E-state index in [1.54, 1.807) is 11.8 Å². The van der Waals surface area contributed by atoms with E-state index in [9.17, 15) is 9.18 Å². The van der Waals surface area contributed by atoms with Gasteiger partial charge in [0.25, 0.3) is 0 Å². The van der Waals surface area contributed by atoms with E-state index in [1.807, 2.05) is 30.5 Å². The topological polar surface area (TPSA) is 26.3 Å². The number of Topliss-reactive ketones (excluding diaryl/α,β-unsaturated/α-hetero) is 1. The Kier molecular flexibility index (Phi) is 5.18. The van der Waals surface area contributed by atoms with Crippen LogP contribution in [0.15, 0.2) is 53.4 Å². The highest BCUT2D eigenvalue weighted by molar-refractivity contribution is 7.98. The van der Waals surface area contributed by atoms with Crippen molar-refractivity contribution in [1.29, 1.82) is 0 Å². The van der Waals surface area contributed by atoms with Gasteiger partial charge in [-0.15, -0.1) is 11.8 Å². The lowest BCUT2D eigenvalue weighted by Gasteiger charge is -2.09. The molecule has 0 atom stereocenters. The largest absolute Gasteiger partial charge is 0.492 e. The fraction of sp³-hybridized carbons (Fsp3) is 0.188. The molecule has 104 valence electrons. The summed E-state index contributed by atoms with van der Waals surface area (Å²) in [5.41, 5.74) is 0.508. The highest BCUT2D eigenvalue weighted by Gasteiger charge is 2.07. The third kappa shape index (κ3) is 3.84. The molecule has 2 aromatic rings. The van der Waals surface area contributed by atoms with Gasteiger partial charge in [0.05, 0.1) is 6.61 Å². The number of carbonyl (C=O) groups is 1. The number of carbonyl (C=O) groups excluding carboxylic acids is 1. The summed E-state index contributed by atoms with van der Waals surface area (Å²) in [6.45, 7) is 0.313. The average Bonchev–Trinajstić information content (AvgIpc) is 2.48. The predicted octanol–water partition coefficient (Wildman–Crippen LogP) is 4.20. The van der Waals surface area contributed by atoms with Crippen LogP contribution in [0.25, 0.3) is 0 Å². The van der Waals surface area contributed by atoms with Gasteiger partial charge in [-0.3, -0.25) is 4.79 Å². The average molecular weight is 290 g/mol. The fourth-order valence-electron chi connectivity index (χ4n) is 1.77. The Balaban J connectivity index is 1.89. The zero-order valence-electron chi connectivity index (χ0n) is 11.1. The minimum Gasteiger partial charge on any atom is -0.492 e. The lowest BCUT2D eigenvalue weighted by molar-refractivity contribution is 0.0961. The Labute approximate surface area is 122 Å². The summed E-state index contributed by atoms with van der Waals surface area (Å²) in [4.78, 5) is 12.9. The first-order valence-corrected chi connectivity index (χ1v) is 7.48. The van der Waals surface area contributed by atoms with Crippen LogP contribution in [-0.2, 0) is 0 Å². The maximum absolute atomic E-state index is 12.8. The molecule has 0 bridgehead atoms. The van der Waals surface area contributed by atoms with Crippen molar-refractivity contribution in [2.24, 2.45) is 0 Å². The summed E-state index contributed by atoms with van der Waals surface area (Å²) in [6, 6.07) is 13.3. The smallest absolute Gasteiger partial charge is 0.166 e. The first-order chi connectivity index (χ1) is 9.70. The van der Waals surface area contributed by atoms with E-state index in [0.29, 0.717) is 12.2 Å². The third-order valence-electron chi connectivity index (χ3n) is 2.82. The number of hydrogen-bond donors (Lipinski definition) is 0. The van der Waals surface area contributed by atoms with Crippen molar-refractivity contribution in [3.05, 3.63) is 59.9 Å². The minimum atomic E-state index is -0.341. The maximum atomic E-state index is 12.8. The van der Waals surface area contributed by atoms with Crippen LogP contribution in [0.2, 0.25) is 0 Å². The SMILES string of the molecule is CSc1ccccc1OCCC(=O)c1ccc(F)cc1. The third-order valence-corrected chi connectivity index (χ3v) is 3.60. The van der Waals surface area contributed by atoms with Gasteiger partial charge in [0.1, 0.15) is 11.6 Å². The molecule has 2 aromatic carbocycles. The van der Waals surface area contributed by atoms with Gasteiger partial charge in [0.2, 0.25) is 0 Å². The van der Waals surface area contributed by atoms with Crippen molar-refractivity contribution >= 4 is 17.5 Å². The zero-order valence-corrected chi connectivity index (χ0v) is 12.0. The molecule has 2 rings (SSSR count). The number of halogens is 1. The number of thioether (sulfide) groups is 1. The Morgan fingerprint density at radius 3 is 2.55 bits per heavy atom. The van der Waals surface area contributed by atoms with E-state index in [4.69, 9.17) is 4.74 Å². The monoisotopic (exact) mass is 290 g/mol. The summed E-state index contributed by atoms with van der Waals surface area (Å²) in [5.74, 6) is 0.394.